The molecule has 2 aliphatic rings. The first kappa shape index (κ1) is 23.0. The number of non-ortho nitro benzene ring substituents is 1. The third-order valence-corrected chi connectivity index (χ3v) is 7.09. The second-order valence-electron chi connectivity index (χ2n) is 8.63. The van der Waals surface area contributed by atoms with Crippen LogP contribution in [-0.2, 0) is 4.74 Å². The second kappa shape index (κ2) is 9.46. The number of hydrogen-bond donors (Lipinski definition) is 1. The summed E-state index contributed by atoms with van der Waals surface area (Å²) >= 11 is 3.49. The maximum atomic E-state index is 12.7. The third-order valence-electron chi connectivity index (χ3n) is 6.56. The van der Waals surface area contributed by atoms with E-state index < -0.39 is 23.3 Å². The van der Waals surface area contributed by atoms with E-state index in [0.29, 0.717) is 11.5 Å². The molecule has 0 fully saturated rings. The van der Waals surface area contributed by atoms with E-state index in [0.717, 1.165) is 22.1 Å². The molecule has 3 aromatic carbocycles. The molecule has 1 heterocycles. The van der Waals surface area contributed by atoms with Crippen LogP contribution in [0.5, 0.6) is 0 Å². The monoisotopic (exact) mass is 532 g/mol. The van der Waals surface area contributed by atoms with Crippen molar-refractivity contribution < 1.29 is 19.2 Å². The quantitative estimate of drug-likeness (QED) is 0.133. The molecule has 0 saturated carbocycles. The normalized spacial score (nSPS) is 19.9. The number of halogens is 1. The van der Waals surface area contributed by atoms with Gasteiger partial charge in [0, 0.05) is 33.8 Å². The van der Waals surface area contributed by atoms with Crippen molar-refractivity contribution in [3.05, 3.63) is 116 Å². The Morgan fingerprint density at radius 2 is 1.74 bits per heavy atom. The van der Waals surface area contributed by atoms with E-state index in [-0.39, 0.29) is 23.2 Å². The highest BCUT2D eigenvalue weighted by molar-refractivity contribution is 9.10. The van der Waals surface area contributed by atoms with Gasteiger partial charge in [-0.1, -0.05) is 40.2 Å². The van der Waals surface area contributed by atoms with Crippen molar-refractivity contribution in [2.75, 3.05) is 11.9 Å². The number of nitro groups is 1. The summed E-state index contributed by atoms with van der Waals surface area (Å²) in [5, 5.41) is 14.4. The average molecular weight is 533 g/mol. The number of ether oxygens (including phenoxy) is 1. The van der Waals surface area contributed by atoms with Crippen molar-refractivity contribution in [3.63, 3.8) is 0 Å². The number of esters is 1. The first-order valence-electron chi connectivity index (χ1n) is 11.2. The summed E-state index contributed by atoms with van der Waals surface area (Å²) in [6.45, 7) is -0.441. The molecule has 0 bridgehead atoms. The van der Waals surface area contributed by atoms with Gasteiger partial charge in [-0.3, -0.25) is 14.9 Å². The molecular weight excluding hydrogens is 512 g/mol. The zero-order valence-electron chi connectivity index (χ0n) is 18.5. The molecule has 0 amide bonds. The van der Waals surface area contributed by atoms with Gasteiger partial charge in [0.25, 0.3) is 5.69 Å². The number of carbonyl (C=O) groups excluding carboxylic acids is 2. The Kier molecular flexibility index (Phi) is 6.21. The lowest BCUT2D eigenvalue weighted by Gasteiger charge is -2.37. The van der Waals surface area contributed by atoms with Crippen LogP contribution in [0.25, 0.3) is 0 Å². The second-order valence-corrected chi connectivity index (χ2v) is 9.55. The topological polar surface area (TPSA) is 98.5 Å². The van der Waals surface area contributed by atoms with Crippen LogP contribution in [0.2, 0.25) is 0 Å². The fourth-order valence-electron chi connectivity index (χ4n) is 4.79. The van der Waals surface area contributed by atoms with E-state index in [4.69, 9.17) is 4.74 Å². The van der Waals surface area contributed by atoms with Crippen LogP contribution in [0.1, 0.15) is 50.2 Å². The molecule has 1 aliphatic carbocycles. The summed E-state index contributed by atoms with van der Waals surface area (Å²) < 4.78 is 6.30. The lowest BCUT2D eigenvalue weighted by Crippen LogP contribution is -2.29. The predicted molar refractivity (Wildman–Crippen MR) is 135 cm³/mol. The molecule has 0 aromatic heterocycles. The predicted octanol–water partition coefficient (Wildman–Crippen LogP) is 6.22. The van der Waals surface area contributed by atoms with Crippen molar-refractivity contribution in [2.45, 2.75) is 18.4 Å². The molecule has 1 N–H and O–H groups in total. The molecule has 3 aromatic rings. The lowest BCUT2D eigenvalue weighted by molar-refractivity contribution is -0.384. The van der Waals surface area contributed by atoms with Gasteiger partial charge in [-0.05, 0) is 65.9 Å². The highest BCUT2D eigenvalue weighted by atomic mass is 79.9. The average Bonchev–Trinajstić information content (AvgIpc) is 3.37. The number of benzene rings is 3. The minimum atomic E-state index is -0.586. The molecule has 8 heteroatoms. The molecular formula is C27H21BrN2O5. The Balaban J connectivity index is 1.30. The lowest BCUT2D eigenvalue weighted by atomic mass is 9.76. The Bertz CT molecular complexity index is 1330. The zero-order valence-corrected chi connectivity index (χ0v) is 20.1. The molecule has 176 valence electrons. The van der Waals surface area contributed by atoms with Crippen LogP contribution >= 0.6 is 15.9 Å². The summed E-state index contributed by atoms with van der Waals surface area (Å²) in [7, 11) is 0. The first-order valence-corrected chi connectivity index (χ1v) is 12.0. The number of hydrogen-bond acceptors (Lipinski definition) is 6. The van der Waals surface area contributed by atoms with Crippen molar-refractivity contribution >= 4 is 39.1 Å². The number of nitrogens with zero attached hydrogens (tertiary/aromatic N) is 1. The molecule has 0 spiro atoms. The van der Waals surface area contributed by atoms with Gasteiger partial charge in [-0.2, -0.15) is 0 Å². The number of fused-ring (bicyclic) bond motifs is 3. The number of nitro benzene ring substituents is 1. The Hall–Kier alpha value is -3.78. The van der Waals surface area contributed by atoms with E-state index in [2.05, 4.69) is 45.5 Å². The standard InChI is InChI=1S/C27H21BrN2O5/c28-19-9-4-17(5-10-19)26-22-3-1-2-21(22)23-14-18(8-13-24(23)29-26)27(32)35-15-25(31)16-6-11-20(12-7-16)30(33)34/h1-2,4-14,21-22,26,29H,3,15H2/t21-,22+,26-/m1/s1. The molecule has 5 rings (SSSR count). The molecule has 3 atom stereocenters. The molecule has 0 radical (unpaired) electrons. The van der Waals surface area contributed by atoms with Gasteiger partial charge in [-0.25, -0.2) is 4.79 Å². The fourth-order valence-corrected chi connectivity index (χ4v) is 5.05. The largest absolute Gasteiger partial charge is 0.454 e. The number of anilines is 1. The first-order chi connectivity index (χ1) is 16.9. The van der Waals surface area contributed by atoms with Crippen LogP contribution in [0, 0.1) is 16.0 Å². The van der Waals surface area contributed by atoms with E-state index in [1.54, 1.807) is 6.07 Å². The van der Waals surface area contributed by atoms with Crippen LogP contribution < -0.4 is 5.32 Å². The minimum absolute atomic E-state index is 0.108. The van der Waals surface area contributed by atoms with Gasteiger partial charge in [0.1, 0.15) is 0 Å². The van der Waals surface area contributed by atoms with Crippen LogP contribution in [0.15, 0.2) is 83.4 Å². The van der Waals surface area contributed by atoms with Crippen molar-refractivity contribution in [1.82, 2.24) is 0 Å². The Morgan fingerprint density at radius 3 is 2.46 bits per heavy atom. The number of Topliss-reactive ketones (excluding diaryl/α,β-unsaturated/α-hetero) is 1. The van der Waals surface area contributed by atoms with Crippen molar-refractivity contribution in [1.29, 1.82) is 0 Å². The molecule has 1 aliphatic heterocycles. The zero-order chi connectivity index (χ0) is 24.5. The summed E-state index contributed by atoms with van der Waals surface area (Å²) in [6, 6.07) is 19.1. The van der Waals surface area contributed by atoms with Crippen molar-refractivity contribution in [3.8, 4) is 0 Å². The van der Waals surface area contributed by atoms with Crippen LogP contribution in [-0.4, -0.2) is 23.3 Å². The smallest absolute Gasteiger partial charge is 0.338 e. The minimum Gasteiger partial charge on any atom is -0.454 e. The van der Waals surface area contributed by atoms with E-state index in [1.807, 2.05) is 24.3 Å². The van der Waals surface area contributed by atoms with Crippen LogP contribution in [0.4, 0.5) is 11.4 Å². The van der Waals surface area contributed by atoms with Gasteiger partial charge in [0.15, 0.2) is 12.4 Å². The van der Waals surface area contributed by atoms with Gasteiger partial charge in [-0.15, -0.1) is 0 Å². The number of carbonyl (C=O) groups is 2. The molecule has 7 nitrogen and oxygen atoms in total. The highest BCUT2D eigenvalue weighted by Gasteiger charge is 2.38. The van der Waals surface area contributed by atoms with Crippen molar-refractivity contribution in [2.24, 2.45) is 5.92 Å². The maximum absolute atomic E-state index is 12.7. The summed E-state index contributed by atoms with van der Waals surface area (Å²) in [5.41, 5.74) is 3.74. The van der Waals surface area contributed by atoms with Gasteiger partial charge < -0.3 is 10.1 Å². The molecule has 0 saturated heterocycles. The Morgan fingerprint density at radius 1 is 1.03 bits per heavy atom. The maximum Gasteiger partial charge on any atom is 0.338 e. The summed E-state index contributed by atoms with van der Waals surface area (Å²) in [6.07, 6.45) is 5.32. The molecule has 0 unspecified atom stereocenters. The summed E-state index contributed by atoms with van der Waals surface area (Å²) in [5.74, 6) is -0.506. The van der Waals surface area contributed by atoms with E-state index in [1.165, 1.54) is 29.8 Å². The van der Waals surface area contributed by atoms with Gasteiger partial charge in [0.2, 0.25) is 0 Å². The SMILES string of the molecule is O=C(COC(=O)c1ccc2c(c1)[C@@H]1C=CC[C@@H]1[C@@H](c1ccc(Br)cc1)N2)c1ccc([N+](=O)[O-])cc1. The van der Waals surface area contributed by atoms with E-state index in [9.17, 15) is 19.7 Å². The fraction of sp³-hybridized carbons (Fsp3) is 0.185. The molecule has 35 heavy (non-hydrogen) atoms. The Labute approximate surface area is 210 Å². The highest BCUT2D eigenvalue weighted by Crippen LogP contribution is 2.50. The van der Waals surface area contributed by atoms with Gasteiger partial charge >= 0.3 is 5.97 Å². The third kappa shape index (κ3) is 4.61. The summed E-state index contributed by atoms with van der Waals surface area (Å²) in [4.78, 5) is 35.3. The number of allylic oxidation sites excluding steroid dienone is 2. The number of nitrogens with one attached hydrogen (secondary N) is 1. The number of rotatable bonds is 6. The number of ketones is 1. The van der Waals surface area contributed by atoms with Gasteiger partial charge in [0.05, 0.1) is 16.5 Å². The van der Waals surface area contributed by atoms with E-state index >= 15 is 0 Å². The van der Waals surface area contributed by atoms with Crippen LogP contribution in [0.3, 0.4) is 0 Å².